The number of nitrogen functional groups attached to an aromatic ring is 1. The lowest BCUT2D eigenvalue weighted by molar-refractivity contribution is 0.151. The van der Waals surface area contributed by atoms with Crippen molar-refractivity contribution >= 4 is 44.4 Å². The van der Waals surface area contributed by atoms with Crippen LogP contribution in [0.4, 0.5) is 5.69 Å². The highest BCUT2D eigenvalue weighted by Gasteiger charge is 2.29. The summed E-state index contributed by atoms with van der Waals surface area (Å²) in [5, 5.41) is 11.4. The second-order valence-corrected chi connectivity index (χ2v) is 9.53. The molecule has 32 heavy (non-hydrogen) atoms. The molecule has 164 valence electrons. The molecule has 6 nitrogen and oxygen atoms in total. The Hall–Kier alpha value is -2.77. The minimum absolute atomic E-state index is 0.403. The number of nitrogens with two attached hydrogens (primary N) is 1. The van der Waals surface area contributed by atoms with Gasteiger partial charge in [0.1, 0.15) is 5.52 Å². The van der Waals surface area contributed by atoms with Crippen LogP contribution >= 0.6 is 15.9 Å². The number of halogens is 1. The first kappa shape index (κ1) is 21.1. The fourth-order valence-corrected chi connectivity index (χ4v) is 5.28. The minimum Gasteiger partial charge on any atom is -0.399 e. The molecule has 5 rings (SSSR count). The highest BCUT2D eigenvalue weighted by Crippen LogP contribution is 2.29. The molecule has 1 aromatic heterocycles. The van der Waals surface area contributed by atoms with E-state index in [2.05, 4.69) is 43.3 Å². The van der Waals surface area contributed by atoms with Crippen LogP contribution in [0.3, 0.4) is 0 Å². The zero-order valence-electron chi connectivity index (χ0n) is 17.9. The van der Waals surface area contributed by atoms with Gasteiger partial charge in [-0.25, -0.2) is 4.98 Å². The van der Waals surface area contributed by atoms with Crippen LogP contribution in [0.5, 0.6) is 0 Å². The number of nitrogens with zero attached hydrogens (tertiary/aromatic N) is 3. The summed E-state index contributed by atoms with van der Waals surface area (Å²) < 4.78 is 0.908. The van der Waals surface area contributed by atoms with Crippen LogP contribution in [-0.4, -0.2) is 46.3 Å². The van der Waals surface area contributed by atoms with Crippen LogP contribution in [0.2, 0.25) is 0 Å². The topological polar surface area (TPSA) is 90.9 Å². The lowest BCUT2D eigenvalue weighted by Crippen LogP contribution is -2.46. The van der Waals surface area contributed by atoms with Crippen molar-refractivity contribution in [3.8, 4) is 0 Å². The number of aromatic nitrogens is 2. The predicted octanol–water partition coefficient (Wildman–Crippen LogP) is 4.19. The number of allylic oxidation sites excluding steroid dienone is 1. The van der Waals surface area contributed by atoms with Crippen LogP contribution in [0.1, 0.15) is 29.7 Å². The Labute approximate surface area is 196 Å². The lowest BCUT2D eigenvalue weighted by atomic mass is 10.0. The highest BCUT2D eigenvalue weighted by molar-refractivity contribution is 9.10. The number of para-hydroxylation sites is 1. The van der Waals surface area contributed by atoms with Gasteiger partial charge in [0.25, 0.3) is 0 Å². The number of benzene rings is 2. The van der Waals surface area contributed by atoms with Crippen molar-refractivity contribution in [3.05, 3.63) is 70.1 Å². The molecule has 4 N–H and O–H groups in total. The van der Waals surface area contributed by atoms with E-state index in [0.29, 0.717) is 17.8 Å². The monoisotopic (exact) mass is 490 g/mol. The molecule has 0 bridgehead atoms. The average molecular weight is 491 g/mol. The van der Waals surface area contributed by atoms with E-state index >= 15 is 0 Å². The van der Waals surface area contributed by atoms with E-state index in [-0.39, 0.29) is 0 Å². The molecule has 1 fully saturated rings. The molecule has 0 amide bonds. The molecular weight excluding hydrogens is 464 g/mol. The maximum atomic E-state index is 7.87. The number of rotatable bonds is 5. The first-order valence-corrected chi connectivity index (χ1v) is 11.9. The molecular formula is C25H27BrN6. The third-order valence-electron chi connectivity index (χ3n) is 6.64. The standard InChI is InChI=1S/C25H27BrN6/c26-22-2-1-3-23-25(22)31-24(15-30-23)18(13-27)14-29-20-6-8-32(9-7-20)21-11-16-4-5-19(28)10-17(16)12-21/h1-5,10,13-15,20-21,27,29H,6-9,11-12,28H2/b18-14+,27-13?. The van der Waals surface area contributed by atoms with Crippen LogP contribution in [-0.2, 0) is 12.8 Å². The van der Waals surface area contributed by atoms with E-state index in [4.69, 9.17) is 16.1 Å². The Balaban J connectivity index is 1.20. The summed E-state index contributed by atoms with van der Waals surface area (Å²) in [4.78, 5) is 11.8. The Bertz CT molecular complexity index is 1180. The van der Waals surface area contributed by atoms with E-state index < -0.39 is 0 Å². The number of nitrogens with one attached hydrogen (secondary N) is 2. The van der Waals surface area contributed by atoms with Gasteiger partial charge in [-0.15, -0.1) is 0 Å². The fourth-order valence-electron chi connectivity index (χ4n) is 4.84. The third-order valence-corrected chi connectivity index (χ3v) is 7.28. The number of anilines is 1. The van der Waals surface area contributed by atoms with Crippen molar-refractivity contribution in [2.45, 2.75) is 37.8 Å². The summed E-state index contributed by atoms with van der Waals surface area (Å²) in [5.41, 5.74) is 12.8. The van der Waals surface area contributed by atoms with Crippen molar-refractivity contribution in [1.82, 2.24) is 20.2 Å². The predicted molar refractivity (Wildman–Crippen MR) is 134 cm³/mol. The maximum absolute atomic E-state index is 7.87. The van der Waals surface area contributed by atoms with Crippen LogP contribution in [0, 0.1) is 5.41 Å². The molecule has 1 aliphatic carbocycles. The summed E-state index contributed by atoms with van der Waals surface area (Å²) in [6, 6.07) is 13.2. The molecule has 0 spiro atoms. The van der Waals surface area contributed by atoms with Crippen molar-refractivity contribution in [1.29, 1.82) is 5.41 Å². The van der Waals surface area contributed by atoms with Crippen molar-refractivity contribution in [2.75, 3.05) is 18.8 Å². The molecule has 3 aromatic rings. The molecule has 2 aliphatic rings. The molecule has 2 aromatic carbocycles. The number of fused-ring (bicyclic) bond motifs is 2. The van der Waals surface area contributed by atoms with E-state index in [0.717, 1.165) is 65.5 Å². The SMILES string of the molecule is N=C/C(=C\NC1CCN(C2Cc3ccc(N)cc3C2)CC1)c1cnc2cccc(Br)c2n1. The molecule has 2 heterocycles. The second kappa shape index (κ2) is 9.00. The first-order chi connectivity index (χ1) is 15.6. The normalized spacial score (nSPS) is 19.8. The largest absolute Gasteiger partial charge is 0.399 e. The maximum Gasteiger partial charge on any atom is 0.104 e. The quantitative estimate of drug-likeness (QED) is 0.368. The Morgan fingerprint density at radius 1 is 1.16 bits per heavy atom. The Morgan fingerprint density at radius 2 is 1.97 bits per heavy atom. The van der Waals surface area contributed by atoms with Gasteiger partial charge in [0.05, 0.1) is 17.4 Å². The minimum atomic E-state index is 0.403. The number of likely N-dealkylation sites (tertiary alicyclic amines) is 1. The molecule has 1 atom stereocenters. The fraction of sp³-hybridized carbons (Fsp3) is 0.320. The van der Waals surface area contributed by atoms with Gasteiger partial charge < -0.3 is 16.5 Å². The van der Waals surface area contributed by atoms with E-state index in [1.54, 1.807) is 6.20 Å². The molecule has 1 aliphatic heterocycles. The van der Waals surface area contributed by atoms with Crippen LogP contribution < -0.4 is 11.1 Å². The second-order valence-electron chi connectivity index (χ2n) is 8.67. The van der Waals surface area contributed by atoms with Gasteiger partial charge in [0.15, 0.2) is 0 Å². The summed E-state index contributed by atoms with van der Waals surface area (Å²) in [7, 11) is 0. The van der Waals surface area contributed by atoms with Gasteiger partial charge in [0, 0.05) is 53.3 Å². The summed E-state index contributed by atoms with van der Waals surface area (Å²) in [6.45, 7) is 2.17. The van der Waals surface area contributed by atoms with E-state index in [9.17, 15) is 0 Å². The van der Waals surface area contributed by atoms with Crippen molar-refractivity contribution in [2.24, 2.45) is 0 Å². The zero-order valence-corrected chi connectivity index (χ0v) is 19.5. The van der Waals surface area contributed by atoms with E-state index in [1.165, 1.54) is 17.3 Å². The van der Waals surface area contributed by atoms with Gasteiger partial charge in [0.2, 0.25) is 0 Å². The third kappa shape index (κ3) is 4.27. The number of hydrogen-bond donors (Lipinski definition) is 3. The molecule has 0 saturated carbocycles. The van der Waals surface area contributed by atoms with Gasteiger partial charge in [-0.2, -0.15) is 0 Å². The van der Waals surface area contributed by atoms with E-state index in [1.807, 2.05) is 30.5 Å². The van der Waals surface area contributed by atoms with Gasteiger partial charge >= 0.3 is 0 Å². The average Bonchev–Trinajstić information content (AvgIpc) is 3.23. The van der Waals surface area contributed by atoms with Gasteiger partial charge in [-0.1, -0.05) is 12.1 Å². The number of piperidine rings is 1. The van der Waals surface area contributed by atoms with Crippen LogP contribution in [0.25, 0.3) is 16.6 Å². The van der Waals surface area contributed by atoms with Crippen molar-refractivity contribution < 1.29 is 0 Å². The lowest BCUT2D eigenvalue weighted by Gasteiger charge is -2.36. The summed E-state index contributed by atoms with van der Waals surface area (Å²) in [5.74, 6) is 0. The van der Waals surface area contributed by atoms with Crippen molar-refractivity contribution in [3.63, 3.8) is 0 Å². The van der Waals surface area contributed by atoms with Gasteiger partial charge in [-0.05, 0) is 77.0 Å². The van der Waals surface area contributed by atoms with Gasteiger partial charge in [-0.3, -0.25) is 9.88 Å². The molecule has 1 saturated heterocycles. The molecule has 0 radical (unpaired) electrons. The molecule has 7 heteroatoms. The summed E-state index contributed by atoms with van der Waals surface area (Å²) in [6.07, 6.45) is 9.41. The Kier molecular flexibility index (Phi) is 5.93. The Morgan fingerprint density at radius 3 is 2.78 bits per heavy atom. The zero-order chi connectivity index (χ0) is 22.1. The van der Waals surface area contributed by atoms with Crippen LogP contribution in [0.15, 0.2) is 53.3 Å². The number of hydrogen-bond acceptors (Lipinski definition) is 6. The first-order valence-electron chi connectivity index (χ1n) is 11.1. The highest BCUT2D eigenvalue weighted by atomic mass is 79.9. The smallest absolute Gasteiger partial charge is 0.104 e. The summed E-state index contributed by atoms with van der Waals surface area (Å²) >= 11 is 3.54. The molecule has 1 unspecified atom stereocenters.